The van der Waals surface area contributed by atoms with Crippen LogP contribution in [-0.4, -0.2) is 11.6 Å². The molecule has 2 N–H and O–H groups in total. The van der Waals surface area contributed by atoms with Crippen molar-refractivity contribution >= 4 is 11.6 Å². The highest BCUT2D eigenvalue weighted by atomic mass is 35.5. The van der Waals surface area contributed by atoms with Gasteiger partial charge in [0.1, 0.15) is 11.4 Å². The zero-order valence-corrected chi connectivity index (χ0v) is 12.0. The van der Waals surface area contributed by atoms with Crippen LogP contribution in [0.15, 0.2) is 12.1 Å². The average molecular weight is 266 g/mol. The molecule has 18 heavy (non-hydrogen) atoms. The molecular formula is C15H20ClNO. The van der Waals surface area contributed by atoms with Crippen molar-refractivity contribution in [3.8, 4) is 5.75 Å². The number of halogens is 1. The van der Waals surface area contributed by atoms with Gasteiger partial charge in [0.15, 0.2) is 0 Å². The number of hydrogen-bond donors (Lipinski definition) is 1. The Morgan fingerprint density at radius 1 is 1.33 bits per heavy atom. The zero-order valence-electron chi connectivity index (χ0n) is 11.2. The van der Waals surface area contributed by atoms with E-state index >= 15 is 0 Å². The highest BCUT2D eigenvalue weighted by molar-refractivity contribution is 6.30. The van der Waals surface area contributed by atoms with Gasteiger partial charge in [-0.15, -0.1) is 0 Å². The summed E-state index contributed by atoms with van der Waals surface area (Å²) in [5, 5.41) is 0.803. The summed E-state index contributed by atoms with van der Waals surface area (Å²) in [6, 6.07) is 4.23. The van der Waals surface area contributed by atoms with Crippen molar-refractivity contribution in [1.29, 1.82) is 0 Å². The minimum Gasteiger partial charge on any atom is -0.487 e. The normalized spacial score (nSPS) is 24.3. The lowest BCUT2D eigenvalue weighted by atomic mass is 9.87. The van der Waals surface area contributed by atoms with Crippen molar-refractivity contribution in [2.24, 2.45) is 5.73 Å². The molecule has 1 aliphatic carbocycles. The minimum atomic E-state index is -0.129. The maximum Gasteiger partial charge on any atom is 0.127 e. The van der Waals surface area contributed by atoms with Gasteiger partial charge in [-0.05, 0) is 51.3 Å². The lowest BCUT2D eigenvalue weighted by molar-refractivity contribution is 0.136. The van der Waals surface area contributed by atoms with Crippen LogP contribution in [0.1, 0.15) is 44.7 Å². The zero-order chi connectivity index (χ0) is 13.1. The van der Waals surface area contributed by atoms with E-state index in [1.54, 1.807) is 0 Å². The van der Waals surface area contributed by atoms with E-state index in [0.717, 1.165) is 30.0 Å². The van der Waals surface area contributed by atoms with Crippen LogP contribution < -0.4 is 10.5 Å². The van der Waals surface area contributed by atoms with Crippen LogP contribution >= 0.6 is 11.6 Å². The highest BCUT2D eigenvalue weighted by Gasteiger charge is 2.51. The first kappa shape index (κ1) is 12.3. The molecule has 98 valence electrons. The summed E-state index contributed by atoms with van der Waals surface area (Å²) in [7, 11) is 0. The van der Waals surface area contributed by atoms with Gasteiger partial charge in [0.05, 0.1) is 0 Å². The smallest absolute Gasteiger partial charge is 0.127 e. The fraction of sp³-hybridized carbons (Fsp3) is 0.600. The molecule has 0 bridgehead atoms. The molecule has 2 nitrogen and oxygen atoms in total. The molecule has 0 radical (unpaired) electrons. The molecule has 1 aliphatic heterocycles. The molecule has 3 rings (SSSR count). The lowest BCUT2D eigenvalue weighted by Crippen LogP contribution is -2.32. The monoisotopic (exact) mass is 265 g/mol. The third-order valence-corrected chi connectivity index (χ3v) is 4.54. The van der Waals surface area contributed by atoms with Crippen LogP contribution in [0, 0.1) is 0 Å². The number of ether oxygens (including phenoxy) is 1. The summed E-state index contributed by atoms with van der Waals surface area (Å²) in [5.74, 6) is 1.04. The Balaban J connectivity index is 2.13. The van der Waals surface area contributed by atoms with Gasteiger partial charge in [-0.1, -0.05) is 11.6 Å². The van der Waals surface area contributed by atoms with Gasteiger partial charge < -0.3 is 10.5 Å². The van der Waals surface area contributed by atoms with Crippen LogP contribution in [0.4, 0.5) is 0 Å². The fourth-order valence-electron chi connectivity index (χ4n) is 3.15. The number of benzene rings is 1. The van der Waals surface area contributed by atoms with Crippen molar-refractivity contribution in [2.45, 2.75) is 57.1 Å². The molecule has 1 fully saturated rings. The fourth-order valence-corrected chi connectivity index (χ4v) is 3.39. The second kappa shape index (κ2) is 3.64. The molecule has 0 aromatic heterocycles. The quantitative estimate of drug-likeness (QED) is 0.889. The van der Waals surface area contributed by atoms with Gasteiger partial charge in [-0.3, -0.25) is 0 Å². The van der Waals surface area contributed by atoms with Crippen molar-refractivity contribution in [1.82, 2.24) is 0 Å². The molecule has 1 unspecified atom stereocenters. The molecule has 0 spiro atoms. The molecule has 1 atom stereocenters. The molecule has 2 aliphatic rings. The van der Waals surface area contributed by atoms with Crippen LogP contribution in [0.3, 0.4) is 0 Å². The van der Waals surface area contributed by atoms with E-state index in [4.69, 9.17) is 22.1 Å². The van der Waals surface area contributed by atoms with E-state index in [9.17, 15) is 0 Å². The SMILES string of the molecule is CC(N)C1(c2cc(Cl)cc3c2OC(C)(C)C3)CC1. The largest absolute Gasteiger partial charge is 0.487 e. The predicted octanol–water partition coefficient (Wildman–Crippen LogP) is 3.43. The van der Waals surface area contributed by atoms with Crippen LogP contribution in [0.5, 0.6) is 5.75 Å². The van der Waals surface area contributed by atoms with Gasteiger partial charge in [-0.2, -0.15) is 0 Å². The van der Waals surface area contributed by atoms with Crippen molar-refractivity contribution in [2.75, 3.05) is 0 Å². The van der Waals surface area contributed by atoms with Gasteiger partial charge in [0.25, 0.3) is 0 Å². The number of nitrogens with two attached hydrogens (primary N) is 1. The standard InChI is InChI=1S/C15H20ClNO/c1-9(17)15(4-5-15)12-7-11(16)6-10-8-14(2,3)18-13(10)12/h6-7,9H,4-5,8,17H2,1-3H3. The van der Waals surface area contributed by atoms with E-state index in [0.29, 0.717) is 0 Å². The summed E-state index contributed by atoms with van der Waals surface area (Å²) in [4.78, 5) is 0. The Kier molecular flexibility index (Phi) is 2.49. The van der Waals surface area contributed by atoms with Gasteiger partial charge in [0.2, 0.25) is 0 Å². The van der Waals surface area contributed by atoms with Crippen molar-refractivity contribution in [3.05, 3.63) is 28.3 Å². The summed E-state index contributed by atoms with van der Waals surface area (Å²) in [6.07, 6.45) is 3.20. The minimum absolute atomic E-state index is 0.0927. The molecule has 0 saturated heterocycles. The first-order valence-electron chi connectivity index (χ1n) is 6.62. The third-order valence-electron chi connectivity index (χ3n) is 4.32. The number of hydrogen-bond acceptors (Lipinski definition) is 2. The van der Waals surface area contributed by atoms with Gasteiger partial charge >= 0.3 is 0 Å². The number of fused-ring (bicyclic) bond motifs is 1. The average Bonchev–Trinajstić information content (AvgIpc) is 2.96. The van der Waals surface area contributed by atoms with Crippen LogP contribution in [0.2, 0.25) is 5.02 Å². The third kappa shape index (κ3) is 1.74. The van der Waals surface area contributed by atoms with Crippen LogP contribution in [0.25, 0.3) is 0 Å². The van der Waals surface area contributed by atoms with Gasteiger partial charge in [0, 0.05) is 28.5 Å². The summed E-state index contributed by atoms with van der Waals surface area (Å²) in [5.41, 5.74) is 8.60. The van der Waals surface area contributed by atoms with Crippen molar-refractivity contribution < 1.29 is 4.74 Å². The molecule has 0 amide bonds. The highest BCUT2D eigenvalue weighted by Crippen LogP contribution is 2.56. The molecule has 3 heteroatoms. The first-order chi connectivity index (χ1) is 8.34. The molecule has 1 heterocycles. The Hall–Kier alpha value is -0.730. The predicted molar refractivity (Wildman–Crippen MR) is 74.4 cm³/mol. The first-order valence-corrected chi connectivity index (χ1v) is 6.99. The van der Waals surface area contributed by atoms with E-state index in [-0.39, 0.29) is 17.1 Å². The Morgan fingerprint density at radius 3 is 2.56 bits per heavy atom. The summed E-state index contributed by atoms with van der Waals surface area (Å²) < 4.78 is 6.14. The summed E-state index contributed by atoms with van der Waals surface area (Å²) >= 11 is 6.26. The maximum atomic E-state index is 6.26. The van der Waals surface area contributed by atoms with Crippen LogP contribution in [-0.2, 0) is 11.8 Å². The second-order valence-electron chi connectivity index (χ2n) is 6.42. The molecule has 1 aromatic rings. The second-order valence-corrected chi connectivity index (χ2v) is 6.86. The summed E-state index contributed by atoms with van der Waals surface area (Å²) in [6.45, 7) is 6.33. The van der Waals surface area contributed by atoms with Crippen molar-refractivity contribution in [3.63, 3.8) is 0 Å². The number of rotatable bonds is 2. The lowest BCUT2D eigenvalue weighted by Gasteiger charge is -2.24. The van der Waals surface area contributed by atoms with E-state index in [1.807, 2.05) is 6.07 Å². The Bertz CT molecular complexity index is 503. The molecule has 1 aromatic carbocycles. The molecule has 1 saturated carbocycles. The van der Waals surface area contributed by atoms with E-state index < -0.39 is 0 Å². The Morgan fingerprint density at radius 2 is 2.00 bits per heavy atom. The Labute approximate surface area is 113 Å². The topological polar surface area (TPSA) is 35.2 Å². The van der Waals surface area contributed by atoms with Gasteiger partial charge in [-0.25, -0.2) is 0 Å². The molecular weight excluding hydrogens is 246 g/mol. The maximum absolute atomic E-state index is 6.26. The van der Waals surface area contributed by atoms with E-state index in [2.05, 4.69) is 26.8 Å². The van der Waals surface area contributed by atoms with E-state index in [1.165, 1.54) is 11.1 Å².